The van der Waals surface area contributed by atoms with Crippen molar-refractivity contribution in [1.29, 1.82) is 0 Å². The molecule has 0 aliphatic carbocycles. The highest BCUT2D eigenvalue weighted by molar-refractivity contribution is 5.52. The lowest BCUT2D eigenvalue weighted by atomic mass is 10.0. The first-order valence-corrected chi connectivity index (χ1v) is 8.01. The average molecular weight is 312 g/mol. The Bertz CT molecular complexity index is 699. The molecule has 23 heavy (non-hydrogen) atoms. The second-order valence-corrected chi connectivity index (χ2v) is 6.43. The number of para-hydroxylation sites is 1. The molecule has 1 N–H and O–H groups in total. The standard InChI is InChI=1S/C18H24N4O/c1-12(10-22(3)4)19-18-15-9-14-7-5-6-8-17(14)23-11-16(15)20-13(2)21-18/h5-8,12H,9-11H2,1-4H3,(H,19,20,21)/t12-/m0/s1. The molecule has 0 unspecified atom stereocenters. The predicted octanol–water partition coefficient (Wildman–Crippen LogP) is 2.63. The molecule has 1 aliphatic heterocycles. The highest BCUT2D eigenvalue weighted by Crippen LogP contribution is 2.30. The molecule has 5 heteroatoms. The maximum Gasteiger partial charge on any atom is 0.133 e. The van der Waals surface area contributed by atoms with Crippen molar-refractivity contribution in [2.45, 2.75) is 32.9 Å². The van der Waals surface area contributed by atoms with Gasteiger partial charge in [-0.2, -0.15) is 0 Å². The predicted molar refractivity (Wildman–Crippen MR) is 92.0 cm³/mol. The summed E-state index contributed by atoms with van der Waals surface area (Å²) < 4.78 is 5.93. The van der Waals surface area contributed by atoms with Crippen LogP contribution in [0, 0.1) is 6.92 Å². The van der Waals surface area contributed by atoms with Crippen LogP contribution in [0.5, 0.6) is 5.75 Å². The number of aryl methyl sites for hydroxylation is 1. The van der Waals surface area contributed by atoms with Crippen LogP contribution in [-0.4, -0.2) is 41.5 Å². The number of hydrogen-bond donors (Lipinski definition) is 1. The molecule has 0 amide bonds. The summed E-state index contributed by atoms with van der Waals surface area (Å²) in [5.41, 5.74) is 3.31. The maximum absolute atomic E-state index is 5.93. The van der Waals surface area contributed by atoms with Crippen molar-refractivity contribution in [1.82, 2.24) is 14.9 Å². The fraction of sp³-hybridized carbons (Fsp3) is 0.444. The van der Waals surface area contributed by atoms with Gasteiger partial charge >= 0.3 is 0 Å². The molecule has 0 saturated carbocycles. The van der Waals surface area contributed by atoms with E-state index in [-0.39, 0.29) is 0 Å². The molecule has 2 heterocycles. The second-order valence-electron chi connectivity index (χ2n) is 6.43. The normalized spacial score (nSPS) is 14.5. The Hall–Kier alpha value is -2.14. The van der Waals surface area contributed by atoms with Crippen molar-refractivity contribution < 1.29 is 4.74 Å². The van der Waals surface area contributed by atoms with Crippen LogP contribution >= 0.6 is 0 Å². The third-order valence-corrected chi connectivity index (χ3v) is 3.93. The molecule has 1 aliphatic rings. The number of rotatable bonds is 4. The van der Waals surface area contributed by atoms with Crippen molar-refractivity contribution in [3.63, 3.8) is 0 Å². The Morgan fingerprint density at radius 2 is 2.04 bits per heavy atom. The lowest BCUT2D eigenvalue weighted by Gasteiger charge is -2.21. The van der Waals surface area contributed by atoms with E-state index in [0.29, 0.717) is 12.6 Å². The smallest absolute Gasteiger partial charge is 0.133 e. The van der Waals surface area contributed by atoms with E-state index < -0.39 is 0 Å². The van der Waals surface area contributed by atoms with Crippen LogP contribution in [0.15, 0.2) is 24.3 Å². The van der Waals surface area contributed by atoms with E-state index in [2.05, 4.69) is 47.3 Å². The van der Waals surface area contributed by atoms with Gasteiger partial charge in [-0.05, 0) is 39.6 Å². The zero-order chi connectivity index (χ0) is 16.4. The van der Waals surface area contributed by atoms with Crippen LogP contribution in [0.1, 0.15) is 29.6 Å². The molecular formula is C18H24N4O. The van der Waals surface area contributed by atoms with Gasteiger partial charge in [0.05, 0.1) is 5.69 Å². The first kappa shape index (κ1) is 15.7. The van der Waals surface area contributed by atoms with Crippen LogP contribution in [-0.2, 0) is 13.0 Å². The van der Waals surface area contributed by atoms with E-state index in [0.717, 1.165) is 41.6 Å². The summed E-state index contributed by atoms with van der Waals surface area (Å²) in [7, 11) is 4.15. The van der Waals surface area contributed by atoms with Gasteiger partial charge < -0.3 is 15.0 Å². The minimum Gasteiger partial charge on any atom is -0.487 e. The van der Waals surface area contributed by atoms with Crippen molar-refractivity contribution in [3.05, 3.63) is 46.9 Å². The van der Waals surface area contributed by atoms with Gasteiger partial charge in [-0.3, -0.25) is 0 Å². The van der Waals surface area contributed by atoms with E-state index in [4.69, 9.17) is 4.74 Å². The molecule has 0 bridgehead atoms. The average Bonchev–Trinajstić information content (AvgIpc) is 2.66. The van der Waals surface area contributed by atoms with Gasteiger partial charge in [0.15, 0.2) is 0 Å². The summed E-state index contributed by atoms with van der Waals surface area (Å²) in [5.74, 6) is 2.65. The Morgan fingerprint density at radius 1 is 1.26 bits per heavy atom. The molecule has 1 aromatic heterocycles. The minimum absolute atomic E-state index is 0.308. The molecule has 3 rings (SSSR count). The molecular weight excluding hydrogens is 288 g/mol. The molecule has 0 spiro atoms. The molecule has 0 radical (unpaired) electrons. The van der Waals surface area contributed by atoms with E-state index in [1.54, 1.807) is 0 Å². The molecule has 5 nitrogen and oxygen atoms in total. The topological polar surface area (TPSA) is 50.3 Å². The van der Waals surface area contributed by atoms with E-state index >= 15 is 0 Å². The lowest BCUT2D eigenvalue weighted by Crippen LogP contribution is -2.30. The molecule has 1 aromatic carbocycles. The van der Waals surface area contributed by atoms with Crippen LogP contribution < -0.4 is 10.1 Å². The number of hydrogen-bond acceptors (Lipinski definition) is 5. The Kier molecular flexibility index (Phi) is 4.48. The minimum atomic E-state index is 0.308. The highest BCUT2D eigenvalue weighted by Gasteiger charge is 2.20. The fourth-order valence-electron chi connectivity index (χ4n) is 3.03. The van der Waals surface area contributed by atoms with Gasteiger partial charge in [-0.25, -0.2) is 9.97 Å². The summed E-state index contributed by atoms with van der Waals surface area (Å²) in [5, 5.41) is 3.55. The number of nitrogens with zero attached hydrogens (tertiary/aromatic N) is 3. The zero-order valence-corrected chi connectivity index (χ0v) is 14.3. The van der Waals surface area contributed by atoms with Gasteiger partial charge in [0, 0.05) is 24.6 Å². The molecule has 122 valence electrons. The SMILES string of the molecule is Cc1nc2c(c(N[C@@H](C)CN(C)C)n1)Cc1ccccc1OC2. The van der Waals surface area contributed by atoms with Crippen LogP contribution in [0.3, 0.4) is 0 Å². The monoisotopic (exact) mass is 312 g/mol. The lowest BCUT2D eigenvalue weighted by molar-refractivity contribution is 0.302. The van der Waals surface area contributed by atoms with E-state index in [1.165, 1.54) is 5.56 Å². The van der Waals surface area contributed by atoms with Crippen molar-refractivity contribution in [2.75, 3.05) is 26.0 Å². The van der Waals surface area contributed by atoms with Crippen molar-refractivity contribution in [2.24, 2.45) is 0 Å². The van der Waals surface area contributed by atoms with Gasteiger partial charge in [0.2, 0.25) is 0 Å². The molecule has 2 aromatic rings. The van der Waals surface area contributed by atoms with Crippen molar-refractivity contribution in [3.8, 4) is 5.75 Å². The van der Waals surface area contributed by atoms with E-state index in [9.17, 15) is 0 Å². The number of nitrogens with one attached hydrogen (secondary N) is 1. The summed E-state index contributed by atoms with van der Waals surface area (Å²) in [6.45, 7) is 5.54. The van der Waals surface area contributed by atoms with Crippen molar-refractivity contribution >= 4 is 5.82 Å². The van der Waals surface area contributed by atoms with Gasteiger partial charge in [0.25, 0.3) is 0 Å². The molecule has 0 fully saturated rings. The third-order valence-electron chi connectivity index (χ3n) is 3.93. The first-order valence-electron chi connectivity index (χ1n) is 8.01. The van der Waals surface area contributed by atoms with Gasteiger partial charge in [0.1, 0.15) is 24.0 Å². The van der Waals surface area contributed by atoms with Gasteiger partial charge in [-0.1, -0.05) is 18.2 Å². The highest BCUT2D eigenvalue weighted by atomic mass is 16.5. The van der Waals surface area contributed by atoms with Crippen LogP contribution in [0.2, 0.25) is 0 Å². The van der Waals surface area contributed by atoms with Crippen LogP contribution in [0.4, 0.5) is 5.82 Å². The number of fused-ring (bicyclic) bond motifs is 2. The second kappa shape index (κ2) is 6.54. The largest absolute Gasteiger partial charge is 0.487 e. The fourth-order valence-corrected chi connectivity index (χ4v) is 3.03. The van der Waals surface area contributed by atoms with Gasteiger partial charge in [-0.15, -0.1) is 0 Å². The Balaban J connectivity index is 1.95. The summed E-state index contributed by atoms with van der Waals surface area (Å²) in [6.07, 6.45) is 0.794. The first-order chi connectivity index (χ1) is 11.0. The van der Waals surface area contributed by atoms with Crippen LogP contribution in [0.25, 0.3) is 0 Å². The number of likely N-dealkylation sites (N-methyl/N-ethyl adjacent to an activating group) is 1. The number of anilines is 1. The summed E-state index contributed by atoms with van der Waals surface area (Å²) >= 11 is 0. The zero-order valence-electron chi connectivity index (χ0n) is 14.3. The Labute approximate surface area is 137 Å². The summed E-state index contributed by atoms with van der Waals surface area (Å²) in [4.78, 5) is 11.4. The molecule has 1 atom stereocenters. The molecule has 0 saturated heterocycles. The maximum atomic E-state index is 5.93. The summed E-state index contributed by atoms with van der Waals surface area (Å²) in [6, 6.07) is 8.48. The number of benzene rings is 1. The third kappa shape index (κ3) is 3.62. The number of aromatic nitrogens is 2. The van der Waals surface area contributed by atoms with E-state index in [1.807, 2.05) is 25.1 Å². The number of ether oxygens (including phenoxy) is 1. The Morgan fingerprint density at radius 3 is 2.83 bits per heavy atom. The quantitative estimate of drug-likeness (QED) is 0.940.